The second kappa shape index (κ2) is 8.47. The summed E-state index contributed by atoms with van der Waals surface area (Å²) in [6.45, 7) is 9.46. The van der Waals surface area contributed by atoms with Crippen LogP contribution < -0.4 is 0 Å². The van der Waals surface area contributed by atoms with Gasteiger partial charge in [0, 0.05) is 52.1 Å². The van der Waals surface area contributed by atoms with Crippen molar-refractivity contribution >= 4 is 6.09 Å². The van der Waals surface area contributed by atoms with Crippen molar-refractivity contribution in [3.63, 3.8) is 0 Å². The van der Waals surface area contributed by atoms with Crippen molar-refractivity contribution in [1.82, 2.24) is 14.7 Å². The number of hydrogen-bond acceptors (Lipinski definition) is 6. The van der Waals surface area contributed by atoms with Gasteiger partial charge in [0.1, 0.15) is 5.60 Å². The molecule has 2 heterocycles. The Morgan fingerprint density at radius 1 is 1.33 bits per heavy atom. The summed E-state index contributed by atoms with van der Waals surface area (Å²) in [6, 6.07) is 0. The lowest BCUT2D eigenvalue weighted by Crippen LogP contribution is -2.49. The number of carbonyl (C=O) groups is 1. The number of rotatable bonds is 8. The molecule has 7 nitrogen and oxygen atoms in total. The highest BCUT2D eigenvalue weighted by Crippen LogP contribution is 2.33. The Balaban J connectivity index is 1.78. The largest absolute Gasteiger partial charge is 0.441 e. The van der Waals surface area contributed by atoms with Gasteiger partial charge < -0.3 is 29.6 Å². The van der Waals surface area contributed by atoms with Gasteiger partial charge in [-0.2, -0.15) is 0 Å². The van der Waals surface area contributed by atoms with E-state index >= 15 is 0 Å². The molecule has 0 aromatic rings. The van der Waals surface area contributed by atoms with E-state index in [4.69, 9.17) is 9.84 Å². The van der Waals surface area contributed by atoms with E-state index in [-0.39, 0.29) is 18.3 Å². The van der Waals surface area contributed by atoms with Crippen LogP contribution in [0.2, 0.25) is 0 Å². The molecule has 0 aliphatic carbocycles. The van der Waals surface area contributed by atoms with Gasteiger partial charge in [0.15, 0.2) is 0 Å². The van der Waals surface area contributed by atoms with Crippen LogP contribution in [-0.2, 0) is 4.74 Å². The van der Waals surface area contributed by atoms with Gasteiger partial charge >= 0.3 is 6.09 Å². The van der Waals surface area contributed by atoms with E-state index in [0.29, 0.717) is 25.6 Å². The number of aliphatic hydroxyl groups excluding tert-OH is 2. The van der Waals surface area contributed by atoms with Gasteiger partial charge in [-0.05, 0) is 13.0 Å². The number of hydrogen-bond donors (Lipinski definition) is 2. The Morgan fingerprint density at radius 2 is 2.00 bits per heavy atom. The zero-order chi connectivity index (χ0) is 17.7. The lowest BCUT2D eigenvalue weighted by molar-refractivity contribution is -0.0158. The van der Waals surface area contributed by atoms with Crippen molar-refractivity contribution in [3.8, 4) is 0 Å². The molecule has 140 valence electrons. The molecule has 1 unspecified atom stereocenters. The van der Waals surface area contributed by atoms with Crippen LogP contribution in [0.25, 0.3) is 0 Å². The first-order valence-electron chi connectivity index (χ1n) is 9.01. The molecule has 1 spiro atoms. The normalized spacial score (nSPS) is 22.6. The van der Waals surface area contributed by atoms with Gasteiger partial charge in [-0.3, -0.25) is 0 Å². The molecule has 1 atom stereocenters. The minimum Gasteiger partial charge on any atom is -0.441 e. The number of piperidine rings is 1. The van der Waals surface area contributed by atoms with E-state index in [0.717, 1.165) is 39.0 Å². The van der Waals surface area contributed by atoms with Gasteiger partial charge in [0.2, 0.25) is 0 Å². The molecular formula is C17H33N3O4. The number of nitrogens with zero attached hydrogens (tertiary/aromatic N) is 3. The maximum Gasteiger partial charge on any atom is 0.410 e. The summed E-state index contributed by atoms with van der Waals surface area (Å²) in [6.07, 6.45) is 0.680. The number of likely N-dealkylation sites (N-methyl/N-ethyl adjacent to an activating group) is 1. The van der Waals surface area contributed by atoms with E-state index in [1.54, 1.807) is 0 Å². The third kappa shape index (κ3) is 5.31. The van der Waals surface area contributed by atoms with Crippen LogP contribution in [0.5, 0.6) is 0 Å². The van der Waals surface area contributed by atoms with Gasteiger partial charge in [-0.1, -0.05) is 13.8 Å². The van der Waals surface area contributed by atoms with Crippen LogP contribution in [0.15, 0.2) is 0 Å². The molecule has 2 rings (SSSR count). The number of likely N-dealkylation sites (tertiary alicyclic amines) is 1. The van der Waals surface area contributed by atoms with Crippen molar-refractivity contribution in [1.29, 1.82) is 0 Å². The van der Waals surface area contributed by atoms with Crippen molar-refractivity contribution in [3.05, 3.63) is 0 Å². The van der Waals surface area contributed by atoms with Crippen LogP contribution in [0.4, 0.5) is 4.79 Å². The van der Waals surface area contributed by atoms with Gasteiger partial charge in [-0.15, -0.1) is 0 Å². The first-order chi connectivity index (χ1) is 11.3. The highest BCUT2D eigenvalue weighted by atomic mass is 16.6. The van der Waals surface area contributed by atoms with Crippen LogP contribution in [-0.4, -0.2) is 102 Å². The van der Waals surface area contributed by atoms with Crippen LogP contribution in [0.3, 0.4) is 0 Å². The third-order valence-electron chi connectivity index (χ3n) is 4.92. The van der Waals surface area contributed by atoms with Crippen molar-refractivity contribution in [2.24, 2.45) is 5.92 Å². The predicted molar refractivity (Wildman–Crippen MR) is 91.9 cm³/mol. The number of amides is 1. The molecule has 7 heteroatoms. The standard InChI is InChI=1S/C17H33N3O4/c1-14(2)10-18(3)8-9-20-13-17(24-16(20)23)4-6-19(7-5-17)11-15(22)12-21/h14-15,21-22H,4-13H2,1-3H3. The fourth-order valence-corrected chi connectivity index (χ4v) is 3.63. The zero-order valence-electron chi connectivity index (χ0n) is 15.3. The lowest BCUT2D eigenvalue weighted by Gasteiger charge is -2.38. The Kier molecular flexibility index (Phi) is 6.86. The van der Waals surface area contributed by atoms with E-state index in [1.165, 1.54) is 0 Å². The summed E-state index contributed by atoms with van der Waals surface area (Å²) >= 11 is 0. The third-order valence-corrected chi connectivity index (χ3v) is 4.92. The Labute approximate surface area is 145 Å². The van der Waals surface area contributed by atoms with E-state index in [2.05, 4.69) is 30.7 Å². The molecule has 0 aromatic carbocycles. The summed E-state index contributed by atoms with van der Waals surface area (Å²) in [5.41, 5.74) is -0.367. The minimum atomic E-state index is -0.696. The minimum absolute atomic E-state index is 0.197. The van der Waals surface area contributed by atoms with E-state index in [1.807, 2.05) is 4.90 Å². The van der Waals surface area contributed by atoms with Gasteiger partial charge in [-0.25, -0.2) is 4.79 Å². The second-order valence-corrected chi connectivity index (χ2v) is 7.77. The molecule has 2 saturated heterocycles. The van der Waals surface area contributed by atoms with Gasteiger partial charge in [0.05, 0.1) is 19.3 Å². The quantitative estimate of drug-likeness (QED) is 0.656. The molecular weight excluding hydrogens is 310 g/mol. The Bertz CT molecular complexity index is 411. The summed E-state index contributed by atoms with van der Waals surface area (Å²) in [7, 11) is 2.09. The molecule has 2 N–H and O–H groups in total. The molecule has 0 aromatic heterocycles. The highest BCUT2D eigenvalue weighted by molar-refractivity contribution is 5.70. The van der Waals surface area contributed by atoms with Crippen molar-refractivity contribution in [2.75, 3.05) is 59.5 Å². The highest BCUT2D eigenvalue weighted by Gasteiger charge is 2.46. The predicted octanol–water partition coefficient (Wildman–Crippen LogP) is 0.214. The zero-order valence-corrected chi connectivity index (χ0v) is 15.3. The molecule has 0 saturated carbocycles. The summed E-state index contributed by atoms with van der Waals surface area (Å²) < 4.78 is 5.73. The summed E-state index contributed by atoms with van der Waals surface area (Å²) in [5, 5.41) is 18.5. The van der Waals surface area contributed by atoms with Crippen LogP contribution >= 0.6 is 0 Å². The number of carbonyl (C=O) groups excluding carboxylic acids is 1. The SMILES string of the molecule is CC(C)CN(C)CCN1CC2(CCN(CC(O)CO)CC2)OC1=O. The van der Waals surface area contributed by atoms with E-state index < -0.39 is 6.10 Å². The smallest absolute Gasteiger partial charge is 0.410 e. The molecule has 0 bridgehead atoms. The Morgan fingerprint density at radius 3 is 2.58 bits per heavy atom. The first kappa shape index (κ1) is 19.4. The molecule has 2 aliphatic heterocycles. The van der Waals surface area contributed by atoms with Crippen LogP contribution in [0.1, 0.15) is 26.7 Å². The lowest BCUT2D eigenvalue weighted by atomic mass is 9.91. The van der Waals surface area contributed by atoms with Crippen LogP contribution in [0, 0.1) is 5.92 Å². The number of ether oxygens (including phenoxy) is 1. The number of β-amino-alcohol motifs (C(OH)–C–C–N with tert-alkyl or cyclic N) is 1. The molecule has 24 heavy (non-hydrogen) atoms. The second-order valence-electron chi connectivity index (χ2n) is 7.77. The maximum atomic E-state index is 12.2. The van der Waals surface area contributed by atoms with Gasteiger partial charge in [0.25, 0.3) is 0 Å². The molecule has 2 aliphatic rings. The molecule has 0 radical (unpaired) electrons. The van der Waals surface area contributed by atoms with E-state index in [9.17, 15) is 9.90 Å². The maximum absolute atomic E-state index is 12.2. The van der Waals surface area contributed by atoms with Crippen molar-refractivity contribution in [2.45, 2.75) is 38.4 Å². The first-order valence-corrected chi connectivity index (χ1v) is 9.01. The summed E-state index contributed by atoms with van der Waals surface area (Å²) in [5.74, 6) is 0.616. The molecule has 1 amide bonds. The average Bonchev–Trinajstić information content (AvgIpc) is 2.83. The number of aliphatic hydroxyl groups is 2. The fourth-order valence-electron chi connectivity index (χ4n) is 3.63. The van der Waals surface area contributed by atoms with Crippen molar-refractivity contribution < 1.29 is 19.7 Å². The topological polar surface area (TPSA) is 76.5 Å². The monoisotopic (exact) mass is 343 g/mol. The Hall–Kier alpha value is -0.890. The fraction of sp³-hybridized carbons (Fsp3) is 0.941. The average molecular weight is 343 g/mol. The summed E-state index contributed by atoms with van der Waals surface area (Å²) in [4.78, 5) is 18.4. The molecule has 2 fully saturated rings.